The van der Waals surface area contributed by atoms with Crippen molar-refractivity contribution in [3.05, 3.63) is 0 Å². The van der Waals surface area contributed by atoms with Crippen molar-refractivity contribution in [3.63, 3.8) is 0 Å². The lowest BCUT2D eigenvalue weighted by atomic mass is 10.9. The van der Waals surface area contributed by atoms with Crippen LogP contribution in [0.15, 0.2) is 0 Å². The highest BCUT2D eigenvalue weighted by molar-refractivity contribution is 7.92. The number of rotatable bonds is 1. The summed E-state index contributed by atoms with van der Waals surface area (Å²) < 4.78 is 17.0. The van der Waals surface area contributed by atoms with Crippen molar-refractivity contribution in [1.29, 1.82) is 4.78 Å². The predicted octanol–water partition coefficient (Wildman–Crippen LogP) is 0.00127. The normalized spacial score (nSPS) is 23.3. The Labute approximate surface area is 43.3 Å². The fraction of sp³-hybridized carbons (Fsp3) is 1.00. The summed E-state index contributed by atoms with van der Waals surface area (Å²) in [6.07, 6.45) is 1.21. The third-order valence-electron chi connectivity index (χ3n) is 0.651. The van der Waals surface area contributed by atoms with E-state index in [9.17, 15) is 4.21 Å². The minimum atomic E-state index is -2.69. The largest absolute Gasteiger partial charge is 0.379 e. The Balaban J connectivity index is 4.10. The molecule has 0 aromatic carbocycles. The molecular weight excluding hydrogens is 114 g/mol. The first-order chi connectivity index (χ1) is 2.94. The van der Waals surface area contributed by atoms with Crippen LogP contribution in [0.3, 0.4) is 0 Å². The van der Waals surface area contributed by atoms with Crippen LogP contribution in [0.25, 0.3) is 0 Å². The Bertz CT molecular complexity index is 135. The van der Waals surface area contributed by atoms with Crippen LogP contribution in [0.1, 0.15) is 6.92 Å². The van der Waals surface area contributed by atoms with E-state index in [0.29, 0.717) is 0 Å². The van der Waals surface area contributed by atoms with E-state index in [1.807, 2.05) is 0 Å². The SMILES string of the molecule is CC(O)S(C)(=N)=O. The van der Waals surface area contributed by atoms with Crippen molar-refractivity contribution in [2.24, 2.45) is 0 Å². The molecule has 7 heavy (non-hydrogen) atoms. The highest BCUT2D eigenvalue weighted by atomic mass is 32.2. The monoisotopic (exact) mass is 123 g/mol. The van der Waals surface area contributed by atoms with Crippen LogP contribution in [0.2, 0.25) is 0 Å². The van der Waals surface area contributed by atoms with E-state index in [1.54, 1.807) is 0 Å². The van der Waals surface area contributed by atoms with Gasteiger partial charge in [0.1, 0.15) is 5.44 Å². The maximum Gasteiger partial charge on any atom is 0.133 e. The molecule has 0 bridgehead atoms. The van der Waals surface area contributed by atoms with Crippen molar-refractivity contribution < 1.29 is 9.32 Å². The quantitative estimate of drug-likeness (QED) is 0.515. The summed E-state index contributed by atoms with van der Waals surface area (Å²) in [7, 11) is -2.69. The van der Waals surface area contributed by atoms with Gasteiger partial charge in [0.25, 0.3) is 0 Å². The van der Waals surface area contributed by atoms with E-state index < -0.39 is 15.2 Å². The summed E-state index contributed by atoms with van der Waals surface area (Å²) in [4.78, 5) is 0. The van der Waals surface area contributed by atoms with Gasteiger partial charge in [0.2, 0.25) is 0 Å². The molecule has 2 atom stereocenters. The first-order valence-electron chi connectivity index (χ1n) is 1.85. The number of nitrogens with one attached hydrogen (secondary N) is 1. The molecule has 0 fully saturated rings. The van der Waals surface area contributed by atoms with Gasteiger partial charge >= 0.3 is 0 Å². The molecule has 0 rings (SSSR count). The van der Waals surface area contributed by atoms with Gasteiger partial charge in [0, 0.05) is 6.26 Å². The second-order valence-corrected chi connectivity index (χ2v) is 3.99. The third-order valence-corrected chi connectivity index (χ3v) is 1.95. The molecule has 0 aromatic heterocycles. The minimum Gasteiger partial charge on any atom is -0.379 e. The first kappa shape index (κ1) is 6.91. The zero-order chi connectivity index (χ0) is 6.08. The molecule has 0 aliphatic carbocycles. The molecule has 0 spiro atoms. The van der Waals surface area contributed by atoms with Gasteiger partial charge in [0.05, 0.1) is 9.73 Å². The van der Waals surface area contributed by atoms with E-state index >= 15 is 0 Å². The molecule has 0 heterocycles. The average molecular weight is 123 g/mol. The lowest BCUT2D eigenvalue weighted by Gasteiger charge is -2.00. The second kappa shape index (κ2) is 1.79. The average Bonchev–Trinajstić information content (AvgIpc) is 1.31. The van der Waals surface area contributed by atoms with Crippen molar-refractivity contribution in [2.45, 2.75) is 12.4 Å². The highest BCUT2D eigenvalue weighted by Crippen LogP contribution is 1.90. The molecule has 2 unspecified atom stereocenters. The van der Waals surface area contributed by atoms with Gasteiger partial charge in [-0.2, -0.15) is 0 Å². The fourth-order valence-corrected chi connectivity index (χ4v) is 0. The molecule has 0 amide bonds. The summed E-state index contributed by atoms with van der Waals surface area (Å²) in [5, 5.41) is 8.43. The smallest absolute Gasteiger partial charge is 0.133 e. The standard InChI is InChI=1S/C3H9NO2S/c1-3(5)7(2,4)6/h3-5H,1-2H3. The Kier molecular flexibility index (Phi) is 1.77. The van der Waals surface area contributed by atoms with Crippen LogP contribution in [0.4, 0.5) is 0 Å². The molecule has 0 radical (unpaired) electrons. The van der Waals surface area contributed by atoms with Gasteiger partial charge in [-0.1, -0.05) is 0 Å². The van der Waals surface area contributed by atoms with Gasteiger partial charge in [-0.05, 0) is 6.92 Å². The van der Waals surface area contributed by atoms with E-state index in [1.165, 1.54) is 13.2 Å². The molecule has 0 aliphatic heterocycles. The minimum absolute atomic E-state index is 1.01. The van der Waals surface area contributed by atoms with Gasteiger partial charge in [-0.3, -0.25) is 4.78 Å². The summed E-state index contributed by atoms with van der Waals surface area (Å²) in [5.74, 6) is 0. The van der Waals surface area contributed by atoms with Crippen LogP contribution in [0, 0.1) is 4.78 Å². The van der Waals surface area contributed by atoms with E-state index in [0.717, 1.165) is 0 Å². The van der Waals surface area contributed by atoms with E-state index in [4.69, 9.17) is 9.89 Å². The summed E-state index contributed by atoms with van der Waals surface area (Å²) in [6, 6.07) is 0. The van der Waals surface area contributed by atoms with Crippen molar-refractivity contribution in [2.75, 3.05) is 6.26 Å². The molecule has 3 nitrogen and oxygen atoms in total. The molecule has 0 aromatic rings. The van der Waals surface area contributed by atoms with Crippen LogP contribution >= 0.6 is 0 Å². The highest BCUT2D eigenvalue weighted by Gasteiger charge is 2.03. The van der Waals surface area contributed by atoms with Crippen molar-refractivity contribution in [3.8, 4) is 0 Å². The summed E-state index contributed by atoms with van der Waals surface area (Å²) >= 11 is 0. The van der Waals surface area contributed by atoms with Gasteiger partial charge in [-0.15, -0.1) is 0 Å². The lowest BCUT2D eigenvalue weighted by Crippen LogP contribution is -2.12. The molecule has 0 saturated heterocycles. The van der Waals surface area contributed by atoms with Crippen LogP contribution in [-0.2, 0) is 9.73 Å². The van der Waals surface area contributed by atoms with Crippen LogP contribution in [-0.4, -0.2) is 21.0 Å². The molecule has 2 N–H and O–H groups in total. The van der Waals surface area contributed by atoms with E-state index in [-0.39, 0.29) is 0 Å². The number of aliphatic hydroxyl groups excluding tert-OH is 1. The fourth-order valence-electron chi connectivity index (χ4n) is 0. The Morgan fingerprint density at radius 3 is 2.00 bits per heavy atom. The predicted molar refractivity (Wildman–Crippen MR) is 28.5 cm³/mol. The Morgan fingerprint density at radius 2 is 2.00 bits per heavy atom. The van der Waals surface area contributed by atoms with Gasteiger partial charge in [0.15, 0.2) is 0 Å². The number of hydrogen-bond acceptors (Lipinski definition) is 3. The third kappa shape index (κ3) is 2.59. The molecular formula is C3H9NO2S. The number of aliphatic hydroxyl groups is 1. The second-order valence-electron chi connectivity index (χ2n) is 1.50. The van der Waals surface area contributed by atoms with Crippen molar-refractivity contribution >= 4 is 9.73 Å². The maximum absolute atomic E-state index is 10.3. The van der Waals surface area contributed by atoms with E-state index in [2.05, 4.69) is 0 Å². The Morgan fingerprint density at radius 1 is 1.86 bits per heavy atom. The Hall–Kier alpha value is -0.0900. The first-order valence-corrected chi connectivity index (χ1v) is 3.88. The number of hydrogen-bond donors (Lipinski definition) is 2. The van der Waals surface area contributed by atoms with Crippen LogP contribution < -0.4 is 0 Å². The maximum atomic E-state index is 10.3. The topological polar surface area (TPSA) is 61.1 Å². The zero-order valence-electron chi connectivity index (χ0n) is 4.34. The zero-order valence-corrected chi connectivity index (χ0v) is 5.16. The van der Waals surface area contributed by atoms with Crippen LogP contribution in [0.5, 0.6) is 0 Å². The summed E-state index contributed by atoms with van der Waals surface area (Å²) in [6.45, 7) is 1.34. The molecule has 44 valence electrons. The van der Waals surface area contributed by atoms with Crippen molar-refractivity contribution in [1.82, 2.24) is 0 Å². The molecule has 0 aliphatic rings. The summed E-state index contributed by atoms with van der Waals surface area (Å²) in [5.41, 5.74) is -1.01. The van der Waals surface area contributed by atoms with Gasteiger partial charge in [-0.25, -0.2) is 4.21 Å². The molecule has 0 saturated carbocycles. The lowest BCUT2D eigenvalue weighted by molar-refractivity contribution is 0.275. The molecule has 4 heteroatoms. The van der Waals surface area contributed by atoms with Gasteiger partial charge < -0.3 is 5.11 Å².